The van der Waals surface area contributed by atoms with Crippen molar-refractivity contribution in [2.45, 2.75) is 23.5 Å². The van der Waals surface area contributed by atoms with E-state index in [0.717, 1.165) is 18.7 Å². The Bertz CT molecular complexity index is 1400. The second kappa shape index (κ2) is 9.80. The molecule has 0 radical (unpaired) electrons. The Morgan fingerprint density at radius 1 is 1.11 bits per heavy atom. The van der Waals surface area contributed by atoms with Crippen LogP contribution in [0, 0.1) is 11.8 Å². The molecule has 5 rings (SSSR count). The molecule has 0 saturated heterocycles. The molecular formula is C28H23BrClNO7. The van der Waals surface area contributed by atoms with Crippen molar-refractivity contribution in [1.82, 2.24) is 4.98 Å². The Morgan fingerprint density at radius 3 is 2.34 bits per heavy atom. The SMILES string of the molecule is COC(=O)C(C[C@H]1C(=O)[C@@]2(O)c3ncc(Cl)cc3O[C@@]2(c2ccc(Br)cc2)[C@@H]1c1ccccc1)C(=O)OC. The van der Waals surface area contributed by atoms with Gasteiger partial charge in [0.05, 0.1) is 19.2 Å². The number of hydrogen-bond acceptors (Lipinski definition) is 8. The minimum atomic E-state index is -2.26. The third-order valence-corrected chi connectivity index (χ3v) is 8.13. The van der Waals surface area contributed by atoms with Crippen LogP contribution in [0.5, 0.6) is 5.75 Å². The van der Waals surface area contributed by atoms with E-state index in [0.29, 0.717) is 11.1 Å². The Hall–Kier alpha value is -3.27. The number of Topliss-reactive ketones (excluding diaryl/α,β-unsaturated/α-hetero) is 1. The summed E-state index contributed by atoms with van der Waals surface area (Å²) >= 11 is 9.65. The summed E-state index contributed by atoms with van der Waals surface area (Å²) in [5.74, 6) is -5.44. The number of carbonyl (C=O) groups is 3. The highest BCUT2D eigenvalue weighted by Gasteiger charge is 2.77. The summed E-state index contributed by atoms with van der Waals surface area (Å²) in [7, 11) is 2.31. The quantitative estimate of drug-likeness (QED) is 0.329. The molecule has 0 amide bonds. The third kappa shape index (κ3) is 3.75. The predicted molar refractivity (Wildman–Crippen MR) is 139 cm³/mol. The van der Waals surface area contributed by atoms with Crippen molar-refractivity contribution in [3.63, 3.8) is 0 Å². The minimum absolute atomic E-state index is 0.0194. The van der Waals surface area contributed by atoms with Crippen molar-refractivity contribution in [3.8, 4) is 5.75 Å². The van der Waals surface area contributed by atoms with Gasteiger partial charge in [-0.15, -0.1) is 0 Å². The van der Waals surface area contributed by atoms with E-state index in [2.05, 4.69) is 20.9 Å². The van der Waals surface area contributed by atoms with Crippen molar-refractivity contribution >= 4 is 45.3 Å². The van der Waals surface area contributed by atoms with Gasteiger partial charge in [0, 0.05) is 28.6 Å². The molecule has 1 aromatic heterocycles. The predicted octanol–water partition coefficient (Wildman–Crippen LogP) is 4.31. The molecule has 1 N–H and O–H groups in total. The van der Waals surface area contributed by atoms with Crippen molar-refractivity contribution in [3.05, 3.63) is 93.2 Å². The molecule has 196 valence electrons. The number of ether oxygens (including phenoxy) is 3. The van der Waals surface area contributed by atoms with Gasteiger partial charge in [0.15, 0.2) is 17.3 Å². The number of aromatic nitrogens is 1. The highest BCUT2D eigenvalue weighted by atomic mass is 79.9. The summed E-state index contributed by atoms with van der Waals surface area (Å²) in [4.78, 5) is 44.0. The summed E-state index contributed by atoms with van der Waals surface area (Å²) in [6.45, 7) is 0. The smallest absolute Gasteiger partial charge is 0.320 e. The van der Waals surface area contributed by atoms with Gasteiger partial charge in [0.2, 0.25) is 5.60 Å². The number of halogens is 2. The number of esters is 2. The topological polar surface area (TPSA) is 112 Å². The van der Waals surface area contributed by atoms with Gasteiger partial charge in [0.25, 0.3) is 0 Å². The zero-order valence-corrected chi connectivity index (χ0v) is 22.7. The number of benzene rings is 2. The average molecular weight is 601 g/mol. The van der Waals surface area contributed by atoms with Crippen LogP contribution in [-0.2, 0) is 35.1 Å². The molecule has 2 heterocycles. The van der Waals surface area contributed by atoms with Crippen LogP contribution in [0.1, 0.15) is 29.2 Å². The van der Waals surface area contributed by atoms with E-state index in [1.54, 1.807) is 36.4 Å². The molecule has 8 nitrogen and oxygen atoms in total. The summed E-state index contributed by atoms with van der Waals surface area (Å²) in [6, 6.07) is 17.6. The molecule has 0 unspecified atom stereocenters. The van der Waals surface area contributed by atoms with Crippen LogP contribution in [0.4, 0.5) is 0 Å². The number of rotatable bonds is 6. The van der Waals surface area contributed by atoms with E-state index >= 15 is 0 Å². The van der Waals surface area contributed by atoms with E-state index < -0.39 is 46.7 Å². The van der Waals surface area contributed by atoms with E-state index in [1.165, 1.54) is 12.3 Å². The molecule has 38 heavy (non-hydrogen) atoms. The van der Waals surface area contributed by atoms with Crippen LogP contribution in [0.25, 0.3) is 0 Å². The van der Waals surface area contributed by atoms with Crippen LogP contribution >= 0.6 is 27.5 Å². The van der Waals surface area contributed by atoms with Gasteiger partial charge in [-0.2, -0.15) is 0 Å². The average Bonchev–Trinajstić information content (AvgIpc) is 3.29. The molecule has 0 bridgehead atoms. The zero-order valence-electron chi connectivity index (χ0n) is 20.4. The van der Waals surface area contributed by atoms with E-state index in [4.69, 9.17) is 25.8 Å². The molecule has 0 spiro atoms. The number of ketones is 1. The summed E-state index contributed by atoms with van der Waals surface area (Å²) in [6.07, 6.45) is 1.06. The fourth-order valence-corrected chi connectivity index (χ4v) is 6.24. The molecular weight excluding hydrogens is 578 g/mol. The van der Waals surface area contributed by atoms with Crippen molar-refractivity contribution in [2.24, 2.45) is 11.8 Å². The van der Waals surface area contributed by atoms with Gasteiger partial charge in [0.1, 0.15) is 11.4 Å². The summed E-state index contributed by atoms with van der Waals surface area (Å²) < 4.78 is 17.1. The largest absolute Gasteiger partial charge is 0.476 e. The lowest BCUT2D eigenvalue weighted by molar-refractivity contribution is -0.160. The summed E-state index contributed by atoms with van der Waals surface area (Å²) in [5, 5.41) is 12.8. The first kappa shape index (κ1) is 26.3. The molecule has 2 aliphatic rings. The van der Waals surface area contributed by atoms with Crippen molar-refractivity contribution in [2.75, 3.05) is 14.2 Å². The normalized spacial score (nSPS) is 25.5. The molecule has 2 aromatic carbocycles. The lowest BCUT2D eigenvalue weighted by atomic mass is 9.71. The van der Waals surface area contributed by atoms with E-state index in [-0.39, 0.29) is 22.9 Å². The van der Waals surface area contributed by atoms with Gasteiger partial charge in [-0.25, -0.2) is 0 Å². The Balaban J connectivity index is 1.79. The third-order valence-electron chi connectivity index (χ3n) is 7.40. The lowest BCUT2D eigenvalue weighted by Gasteiger charge is -2.39. The Morgan fingerprint density at radius 2 is 1.74 bits per heavy atom. The number of hydrogen-bond donors (Lipinski definition) is 1. The van der Waals surface area contributed by atoms with Crippen molar-refractivity contribution in [1.29, 1.82) is 0 Å². The maximum absolute atomic E-state index is 14.4. The number of carbonyl (C=O) groups excluding carboxylic acids is 3. The molecule has 4 atom stereocenters. The number of methoxy groups -OCH3 is 2. The maximum atomic E-state index is 14.4. The molecule has 1 saturated carbocycles. The standard InChI is InChI=1S/C28H23BrClNO7/c1-36-25(33)20(26(34)37-2)13-19-22(15-6-4-3-5-7-15)28(16-8-10-17(29)11-9-16)27(35,24(19)32)23-21(38-28)12-18(30)14-31-23/h3-12,14,19-20,22,35H,13H2,1-2H3/t19-,22-,27+,28+/m1/s1. The van der Waals surface area contributed by atoms with Gasteiger partial charge in [-0.1, -0.05) is 70.0 Å². The first-order valence-electron chi connectivity index (χ1n) is 11.8. The van der Waals surface area contributed by atoms with E-state index in [9.17, 15) is 19.5 Å². The lowest BCUT2D eigenvalue weighted by Crippen LogP contribution is -2.51. The highest BCUT2D eigenvalue weighted by Crippen LogP contribution is 2.67. The van der Waals surface area contributed by atoms with Crippen LogP contribution < -0.4 is 4.74 Å². The van der Waals surface area contributed by atoms with Crippen LogP contribution in [0.15, 0.2) is 71.3 Å². The van der Waals surface area contributed by atoms with Gasteiger partial charge in [-0.3, -0.25) is 19.4 Å². The molecule has 1 aliphatic heterocycles. The fraction of sp³-hybridized carbons (Fsp3) is 0.286. The molecule has 1 aliphatic carbocycles. The summed E-state index contributed by atoms with van der Waals surface area (Å²) in [5.41, 5.74) is -2.76. The number of nitrogens with zero attached hydrogens (tertiary/aromatic N) is 1. The van der Waals surface area contributed by atoms with Gasteiger partial charge < -0.3 is 19.3 Å². The molecule has 1 fully saturated rings. The molecule has 10 heteroatoms. The number of pyridine rings is 1. The van der Waals surface area contributed by atoms with E-state index in [1.807, 2.05) is 18.2 Å². The monoisotopic (exact) mass is 599 g/mol. The number of aliphatic hydroxyl groups is 1. The first-order chi connectivity index (χ1) is 18.2. The van der Waals surface area contributed by atoms with Crippen LogP contribution in [-0.4, -0.2) is 42.0 Å². The first-order valence-corrected chi connectivity index (χ1v) is 12.9. The second-order valence-electron chi connectivity index (χ2n) is 9.25. The maximum Gasteiger partial charge on any atom is 0.320 e. The van der Waals surface area contributed by atoms with Gasteiger partial charge >= 0.3 is 11.9 Å². The van der Waals surface area contributed by atoms with Crippen LogP contribution in [0.2, 0.25) is 5.02 Å². The number of fused-ring (bicyclic) bond motifs is 3. The highest BCUT2D eigenvalue weighted by molar-refractivity contribution is 9.10. The van der Waals surface area contributed by atoms with Crippen molar-refractivity contribution < 1.29 is 33.7 Å². The minimum Gasteiger partial charge on any atom is -0.476 e. The van der Waals surface area contributed by atoms with Crippen LogP contribution in [0.3, 0.4) is 0 Å². The zero-order chi connectivity index (χ0) is 27.2. The fourth-order valence-electron chi connectivity index (χ4n) is 5.83. The Labute approximate surface area is 232 Å². The molecule has 3 aromatic rings. The van der Waals surface area contributed by atoms with Gasteiger partial charge in [-0.05, 0) is 29.7 Å². The Kier molecular flexibility index (Phi) is 6.79. The second-order valence-corrected chi connectivity index (χ2v) is 10.6.